The number of nitrogens with zero attached hydrogens (tertiary/aromatic N) is 1. The molecule has 0 bridgehead atoms. The van der Waals surface area contributed by atoms with E-state index in [4.69, 9.17) is 17.3 Å². The number of carbonyl (C=O) groups is 3. The molecule has 1 saturated heterocycles. The van der Waals surface area contributed by atoms with Gasteiger partial charge in [0.05, 0.1) is 6.04 Å². The molecule has 1 unspecified atom stereocenters. The van der Waals surface area contributed by atoms with E-state index in [0.717, 1.165) is 4.90 Å². The Morgan fingerprint density at radius 2 is 2.00 bits per heavy atom. The molecule has 0 radical (unpaired) electrons. The number of amides is 2. The molecule has 0 aromatic heterocycles. The molecule has 1 aromatic carbocycles. The maximum Gasteiger partial charge on any atom is 1.00 e. The number of halogens is 1. The largest absolute Gasteiger partial charge is 1.00 e. The molecule has 0 saturated carbocycles. The number of carboxylic acid groups (broad SMARTS) is 1. The molecule has 3 atom stereocenters. The second kappa shape index (κ2) is 7.88. The zero-order chi connectivity index (χ0) is 17.4. The molecule has 25 heavy (non-hydrogen) atoms. The van der Waals surface area contributed by atoms with Crippen molar-refractivity contribution in [1.29, 1.82) is 0 Å². The first-order valence-electron chi connectivity index (χ1n) is 7.47. The van der Waals surface area contributed by atoms with Crippen molar-refractivity contribution >= 4 is 29.4 Å². The minimum atomic E-state index is -1.25. The Kier molecular flexibility index (Phi) is 6.29. The van der Waals surface area contributed by atoms with E-state index in [1.807, 2.05) is 6.07 Å². The van der Waals surface area contributed by atoms with Crippen molar-refractivity contribution in [3.63, 3.8) is 0 Å². The number of rotatable bonds is 4. The van der Waals surface area contributed by atoms with Crippen LogP contribution in [0.3, 0.4) is 0 Å². The standard InChI is InChI=1S/C16H16ClN3O4.Na.H/c17-9-6-7-10-12(15(22)20(10)13(9)16(23)24)19-14(21)11(18)8-4-2-1-3-5-8;;/h1-5,10-12H,6-7,18H2,(H,19,21)(H,23,24);;/q;+1;-1/t10-,11?,12+;;/m1../s1. The Hall–Kier alpha value is -1.38. The molecular weight excluding hydrogens is 357 g/mol. The fourth-order valence-electron chi connectivity index (χ4n) is 3.07. The Bertz CT molecular complexity index is 746. The normalized spacial score (nSPS) is 23.1. The minimum absolute atomic E-state index is 0. The van der Waals surface area contributed by atoms with Gasteiger partial charge in [0.25, 0.3) is 5.91 Å². The molecule has 1 fully saturated rings. The number of nitrogens with one attached hydrogen (secondary N) is 1. The van der Waals surface area contributed by atoms with E-state index < -0.39 is 35.9 Å². The van der Waals surface area contributed by atoms with Crippen LogP contribution < -0.4 is 40.6 Å². The smallest absolute Gasteiger partial charge is 1.00 e. The van der Waals surface area contributed by atoms with Gasteiger partial charge < -0.3 is 17.6 Å². The van der Waals surface area contributed by atoms with Crippen molar-refractivity contribution in [1.82, 2.24) is 10.2 Å². The van der Waals surface area contributed by atoms with E-state index in [-0.39, 0.29) is 41.7 Å². The van der Waals surface area contributed by atoms with Crippen LogP contribution in [0.5, 0.6) is 0 Å². The van der Waals surface area contributed by atoms with Crippen molar-refractivity contribution in [3.8, 4) is 0 Å². The summed E-state index contributed by atoms with van der Waals surface area (Å²) in [5.41, 5.74) is 6.35. The molecule has 3 rings (SSSR count). The first-order chi connectivity index (χ1) is 11.4. The molecule has 7 nitrogen and oxygen atoms in total. The minimum Gasteiger partial charge on any atom is -1.00 e. The molecule has 1 aromatic rings. The van der Waals surface area contributed by atoms with Crippen molar-refractivity contribution < 1.29 is 50.5 Å². The second-order valence-corrected chi connectivity index (χ2v) is 6.20. The summed E-state index contributed by atoms with van der Waals surface area (Å²) in [4.78, 5) is 37.0. The van der Waals surface area contributed by atoms with Gasteiger partial charge in [-0.15, -0.1) is 0 Å². The molecule has 2 aliphatic heterocycles. The van der Waals surface area contributed by atoms with Crippen molar-refractivity contribution in [3.05, 3.63) is 46.6 Å². The quantitative estimate of drug-likeness (QED) is 0.410. The Balaban J connectivity index is 0.00000169. The summed E-state index contributed by atoms with van der Waals surface area (Å²) in [5.74, 6) is -2.20. The first-order valence-corrected chi connectivity index (χ1v) is 7.85. The molecule has 2 heterocycles. The Morgan fingerprint density at radius 1 is 1.36 bits per heavy atom. The summed E-state index contributed by atoms with van der Waals surface area (Å²) in [6, 6.07) is 6.74. The summed E-state index contributed by atoms with van der Waals surface area (Å²) in [5, 5.41) is 12.0. The molecule has 0 aliphatic carbocycles. The van der Waals surface area contributed by atoms with E-state index >= 15 is 0 Å². The fraction of sp³-hybridized carbons (Fsp3) is 0.312. The van der Waals surface area contributed by atoms with E-state index in [0.29, 0.717) is 18.4 Å². The number of hydrogen-bond acceptors (Lipinski definition) is 4. The number of benzene rings is 1. The Morgan fingerprint density at radius 3 is 2.60 bits per heavy atom. The summed E-state index contributed by atoms with van der Waals surface area (Å²) in [7, 11) is 0. The van der Waals surface area contributed by atoms with Gasteiger partial charge in [-0.1, -0.05) is 41.9 Å². The molecule has 2 aliphatic rings. The predicted molar refractivity (Wildman–Crippen MR) is 86.8 cm³/mol. The summed E-state index contributed by atoms with van der Waals surface area (Å²) < 4.78 is 0. The SMILES string of the molecule is NC(C(=O)N[C@@H]1C(=O)N2C(C(=O)O)=C(Cl)CC[C@H]12)c1ccccc1.[H-].[Na+]. The third kappa shape index (κ3) is 3.61. The van der Waals surface area contributed by atoms with E-state index in [1.165, 1.54) is 0 Å². The fourth-order valence-corrected chi connectivity index (χ4v) is 3.35. The predicted octanol–water partition coefficient (Wildman–Crippen LogP) is -2.17. The van der Waals surface area contributed by atoms with Gasteiger partial charge in [0.2, 0.25) is 5.91 Å². The number of hydrogen-bond donors (Lipinski definition) is 3. The molecule has 128 valence electrons. The number of carboxylic acids is 1. The second-order valence-electron chi connectivity index (χ2n) is 5.75. The van der Waals surface area contributed by atoms with Crippen LogP contribution in [0.15, 0.2) is 41.1 Å². The third-order valence-corrected chi connectivity index (χ3v) is 4.69. The molecule has 4 N–H and O–H groups in total. The van der Waals surface area contributed by atoms with Crippen LogP contribution in [-0.4, -0.2) is 39.9 Å². The van der Waals surface area contributed by atoms with E-state index in [2.05, 4.69) is 5.32 Å². The molecule has 2 amide bonds. The molecular formula is C16H17ClN3NaO4. The van der Waals surface area contributed by atoms with Crippen molar-refractivity contribution in [2.75, 3.05) is 0 Å². The Labute approximate surface area is 173 Å². The van der Waals surface area contributed by atoms with Gasteiger partial charge in [0.15, 0.2) is 0 Å². The van der Waals surface area contributed by atoms with Gasteiger partial charge in [0.1, 0.15) is 17.8 Å². The van der Waals surface area contributed by atoms with Crippen molar-refractivity contribution in [2.24, 2.45) is 5.73 Å². The third-order valence-electron chi connectivity index (χ3n) is 4.32. The maximum absolute atomic E-state index is 12.3. The van der Waals surface area contributed by atoms with Gasteiger partial charge in [-0.05, 0) is 18.4 Å². The number of β-lactam (4-membered cyclic amide) rings is 1. The maximum atomic E-state index is 12.3. The van der Waals surface area contributed by atoms with Gasteiger partial charge in [-0.2, -0.15) is 0 Å². The topological polar surface area (TPSA) is 113 Å². The summed E-state index contributed by atoms with van der Waals surface area (Å²) in [6.07, 6.45) is 0.849. The van der Waals surface area contributed by atoms with Crippen LogP contribution in [0.2, 0.25) is 0 Å². The van der Waals surface area contributed by atoms with Gasteiger partial charge in [-0.3, -0.25) is 14.5 Å². The number of carbonyl (C=O) groups excluding carboxylic acids is 2. The average Bonchev–Trinajstić information content (AvgIpc) is 2.59. The number of aliphatic carboxylic acids is 1. The van der Waals surface area contributed by atoms with Crippen LogP contribution in [0, 0.1) is 0 Å². The zero-order valence-electron chi connectivity index (χ0n) is 14.6. The van der Waals surface area contributed by atoms with Crippen LogP contribution in [0.1, 0.15) is 25.9 Å². The van der Waals surface area contributed by atoms with Gasteiger partial charge in [0, 0.05) is 5.03 Å². The van der Waals surface area contributed by atoms with Crippen LogP contribution in [0.4, 0.5) is 0 Å². The average molecular weight is 374 g/mol. The number of fused-ring (bicyclic) bond motifs is 1. The summed E-state index contributed by atoms with van der Waals surface area (Å²) >= 11 is 5.92. The zero-order valence-corrected chi connectivity index (χ0v) is 16.4. The summed E-state index contributed by atoms with van der Waals surface area (Å²) in [6.45, 7) is 0. The van der Waals surface area contributed by atoms with Crippen LogP contribution >= 0.6 is 11.6 Å². The number of allylic oxidation sites excluding steroid dienone is 1. The van der Waals surface area contributed by atoms with Gasteiger partial charge in [-0.25, -0.2) is 4.79 Å². The first kappa shape index (κ1) is 19.9. The molecule has 9 heteroatoms. The van der Waals surface area contributed by atoms with Crippen LogP contribution in [0.25, 0.3) is 0 Å². The van der Waals surface area contributed by atoms with Gasteiger partial charge >= 0.3 is 35.5 Å². The monoisotopic (exact) mass is 373 g/mol. The molecule has 0 spiro atoms. The van der Waals surface area contributed by atoms with Crippen LogP contribution in [-0.2, 0) is 14.4 Å². The van der Waals surface area contributed by atoms with Crippen molar-refractivity contribution in [2.45, 2.75) is 31.0 Å². The van der Waals surface area contributed by atoms with E-state index in [1.54, 1.807) is 24.3 Å². The number of nitrogens with two attached hydrogens (primary N) is 1. The van der Waals surface area contributed by atoms with E-state index in [9.17, 15) is 19.5 Å².